The van der Waals surface area contributed by atoms with E-state index in [1.807, 2.05) is 0 Å². The van der Waals surface area contributed by atoms with Gasteiger partial charge in [0, 0.05) is 19.3 Å². The monoisotopic (exact) mass is 927 g/mol. The lowest BCUT2D eigenvalue weighted by molar-refractivity contribution is -0.167. The minimum absolute atomic E-state index is 0.0755. The predicted molar refractivity (Wildman–Crippen MR) is 284 cm³/mol. The van der Waals surface area contributed by atoms with Crippen LogP contribution in [0.25, 0.3) is 0 Å². The lowest BCUT2D eigenvalue weighted by atomic mass is 10.0. The van der Waals surface area contributed by atoms with Gasteiger partial charge in [0.2, 0.25) is 0 Å². The number of carbonyl (C=O) groups excluding carboxylic acids is 3. The minimum atomic E-state index is -0.776. The number of allylic oxidation sites excluding steroid dienone is 6. The fourth-order valence-corrected chi connectivity index (χ4v) is 8.46. The van der Waals surface area contributed by atoms with Crippen molar-refractivity contribution in [3.05, 3.63) is 36.5 Å². The first-order chi connectivity index (χ1) is 32.5. The molecule has 0 spiro atoms. The molecule has 1 unspecified atom stereocenters. The van der Waals surface area contributed by atoms with Gasteiger partial charge in [-0.3, -0.25) is 14.4 Å². The zero-order valence-electron chi connectivity index (χ0n) is 44.2. The molecule has 0 saturated carbocycles. The van der Waals surface area contributed by atoms with Crippen molar-refractivity contribution >= 4 is 17.9 Å². The van der Waals surface area contributed by atoms with Gasteiger partial charge in [-0.2, -0.15) is 0 Å². The Kier molecular flexibility index (Phi) is 53.2. The van der Waals surface area contributed by atoms with Crippen LogP contribution in [-0.4, -0.2) is 37.2 Å². The Hall–Kier alpha value is -2.37. The highest BCUT2D eigenvalue weighted by atomic mass is 16.6. The van der Waals surface area contributed by atoms with E-state index < -0.39 is 6.10 Å². The molecule has 0 N–H and O–H groups in total. The van der Waals surface area contributed by atoms with E-state index in [9.17, 15) is 14.4 Å². The smallest absolute Gasteiger partial charge is 0.306 e. The number of hydrogen-bond acceptors (Lipinski definition) is 6. The summed E-state index contributed by atoms with van der Waals surface area (Å²) >= 11 is 0. The maximum absolute atomic E-state index is 12.9. The van der Waals surface area contributed by atoms with Crippen LogP contribution in [0.4, 0.5) is 0 Å². The summed E-state index contributed by atoms with van der Waals surface area (Å²) in [4.78, 5) is 38.1. The van der Waals surface area contributed by atoms with Gasteiger partial charge in [-0.1, -0.05) is 256 Å². The summed E-state index contributed by atoms with van der Waals surface area (Å²) in [5.74, 6) is -0.876. The largest absolute Gasteiger partial charge is 0.462 e. The Morgan fingerprint density at radius 3 is 0.894 bits per heavy atom. The number of unbranched alkanes of at least 4 members (excludes halogenated alkanes) is 36. The van der Waals surface area contributed by atoms with Gasteiger partial charge in [0.15, 0.2) is 6.10 Å². The number of carbonyl (C=O) groups is 3. The summed E-state index contributed by atoms with van der Waals surface area (Å²) in [7, 11) is 0. The third kappa shape index (κ3) is 52.6. The average Bonchev–Trinajstić information content (AvgIpc) is 3.31. The van der Waals surface area contributed by atoms with Crippen LogP contribution in [0.5, 0.6) is 0 Å². The van der Waals surface area contributed by atoms with Crippen LogP contribution in [0.2, 0.25) is 0 Å². The van der Waals surface area contributed by atoms with Gasteiger partial charge in [-0.25, -0.2) is 0 Å². The van der Waals surface area contributed by atoms with Crippen LogP contribution in [0.15, 0.2) is 36.5 Å². The summed E-state index contributed by atoms with van der Waals surface area (Å²) < 4.78 is 16.9. The maximum atomic E-state index is 12.9. The van der Waals surface area contributed by atoms with Crippen LogP contribution in [0.3, 0.4) is 0 Å². The summed E-state index contributed by atoms with van der Waals surface area (Å²) in [6.45, 7) is 6.62. The van der Waals surface area contributed by atoms with Gasteiger partial charge in [-0.15, -0.1) is 0 Å². The third-order valence-corrected chi connectivity index (χ3v) is 12.9. The van der Waals surface area contributed by atoms with Crippen LogP contribution < -0.4 is 0 Å². The molecule has 0 rings (SSSR count). The second-order valence-electron chi connectivity index (χ2n) is 19.6. The van der Waals surface area contributed by atoms with Gasteiger partial charge in [0.25, 0.3) is 0 Å². The molecule has 0 fully saturated rings. The topological polar surface area (TPSA) is 78.9 Å². The maximum Gasteiger partial charge on any atom is 0.306 e. The van der Waals surface area contributed by atoms with Crippen molar-refractivity contribution in [2.75, 3.05) is 13.2 Å². The first-order valence-electron chi connectivity index (χ1n) is 29.0. The van der Waals surface area contributed by atoms with Crippen molar-refractivity contribution in [1.82, 2.24) is 0 Å². The Morgan fingerprint density at radius 1 is 0.303 bits per heavy atom. The van der Waals surface area contributed by atoms with E-state index in [2.05, 4.69) is 57.2 Å². The van der Waals surface area contributed by atoms with E-state index in [1.54, 1.807) is 0 Å². The normalized spacial score (nSPS) is 12.2. The average molecular weight is 928 g/mol. The van der Waals surface area contributed by atoms with Crippen LogP contribution in [0, 0.1) is 0 Å². The zero-order valence-corrected chi connectivity index (χ0v) is 44.2. The molecule has 0 aliphatic rings. The molecule has 0 aliphatic heterocycles. The molecule has 0 bridgehead atoms. The van der Waals surface area contributed by atoms with E-state index in [0.29, 0.717) is 19.3 Å². The Bertz CT molecular complexity index is 1110. The van der Waals surface area contributed by atoms with Crippen molar-refractivity contribution in [3.63, 3.8) is 0 Å². The third-order valence-electron chi connectivity index (χ3n) is 12.9. The molecule has 0 amide bonds. The second kappa shape index (κ2) is 55.2. The van der Waals surface area contributed by atoms with E-state index in [0.717, 1.165) is 77.0 Å². The Balaban J connectivity index is 4.35. The molecular formula is C60H110O6. The molecule has 6 nitrogen and oxygen atoms in total. The fourth-order valence-electron chi connectivity index (χ4n) is 8.46. The van der Waals surface area contributed by atoms with Crippen molar-refractivity contribution < 1.29 is 28.6 Å². The molecule has 386 valence electrons. The molecule has 0 aromatic carbocycles. The molecule has 0 aromatic rings. The predicted octanol–water partition coefficient (Wildman–Crippen LogP) is 19.3. The fraction of sp³-hybridized carbons (Fsp3) is 0.850. The van der Waals surface area contributed by atoms with E-state index in [1.165, 1.54) is 193 Å². The quantitative estimate of drug-likeness (QED) is 0.0262. The highest BCUT2D eigenvalue weighted by Gasteiger charge is 2.19. The van der Waals surface area contributed by atoms with Gasteiger partial charge in [0.05, 0.1) is 0 Å². The van der Waals surface area contributed by atoms with E-state index in [-0.39, 0.29) is 31.1 Å². The second-order valence-corrected chi connectivity index (χ2v) is 19.6. The van der Waals surface area contributed by atoms with E-state index in [4.69, 9.17) is 14.2 Å². The van der Waals surface area contributed by atoms with Crippen LogP contribution >= 0.6 is 0 Å². The van der Waals surface area contributed by atoms with E-state index >= 15 is 0 Å². The van der Waals surface area contributed by atoms with Gasteiger partial charge < -0.3 is 14.2 Å². The Labute approximate surface area is 410 Å². The molecular weight excluding hydrogens is 817 g/mol. The minimum Gasteiger partial charge on any atom is -0.462 e. The SMILES string of the molecule is CCCC/C=C\C/C=C\CCCCCCCC(=O)OCC(COC(=O)CCCCCCCCC/C=C\CCCCCCCC)OC(=O)CCCCCCCCCCCCCCCCCCC. The van der Waals surface area contributed by atoms with Crippen LogP contribution in [-0.2, 0) is 28.6 Å². The van der Waals surface area contributed by atoms with Crippen molar-refractivity contribution in [1.29, 1.82) is 0 Å². The number of hydrogen-bond donors (Lipinski definition) is 0. The molecule has 1 atom stereocenters. The zero-order chi connectivity index (χ0) is 47.9. The van der Waals surface area contributed by atoms with Crippen molar-refractivity contribution in [3.8, 4) is 0 Å². The summed E-state index contributed by atoms with van der Waals surface area (Å²) in [6.07, 6.45) is 65.6. The van der Waals surface area contributed by atoms with Gasteiger partial charge in [-0.05, 0) is 70.6 Å². The van der Waals surface area contributed by atoms with Crippen molar-refractivity contribution in [2.24, 2.45) is 0 Å². The molecule has 0 aromatic heterocycles. The lowest BCUT2D eigenvalue weighted by Crippen LogP contribution is -2.30. The summed E-state index contributed by atoms with van der Waals surface area (Å²) in [5, 5.41) is 0. The highest BCUT2D eigenvalue weighted by Crippen LogP contribution is 2.16. The molecule has 0 heterocycles. The molecule has 0 radical (unpaired) electrons. The molecule has 0 aliphatic carbocycles. The first-order valence-corrected chi connectivity index (χ1v) is 29.0. The molecule has 6 heteroatoms. The van der Waals surface area contributed by atoms with Crippen LogP contribution in [0.1, 0.15) is 310 Å². The Morgan fingerprint density at radius 2 is 0.561 bits per heavy atom. The number of esters is 3. The summed E-state index contributed by atoms with van der Waals surface area (Å²) in [6, 6.07) is 0. The highest BCUT2D eigenvalue weighted by molar-refractivity contribution is 5.71. The standard InChI is InChI=1S/C60H110O6/c1-4-7-10-13-16-19-22-25-28-30-32-35-38-41-44-47-50-53-59(62)65-56-57(55-64-58(61)52-49-46-43-40-37-34-27-24-21-18-15-12-9-6-3)66-60(63)54-51-48-45-42-39-36-33-31-29-26-23-20-17-14-11-8-5-2/h15,18,24-25,27-28,57H,4-14,16-17,19-23,26,29-56H2,1-3H3/b18-15-,27-24-,28-25-. The summed E-state index contributed by atoms with van der Waals surface area (Å²) in [5.41, 5.74) is 0. The number of rotatable bonds is 53. The van der Waals surface area contributed by atoms with Gasteiger partial charge >= 0.3 is 17.9 Å². The number of ether oxygens (including phenoxy) is 3. The molecule has 66 heavy (non-hydrogen) atoms. The lowest BCUT2D eigenvalue weighted by Gasteiger charge is -2.18. The van der Waals surface area contributed by atoms with Crippen molar-refractivity contribution in [2.45, 2.75) is 316 Å². The molecule has 0 saturated heterocycles. The first kappa shape index (κ1) is 63.6. The van der Waals surface area contributed by atoms with Gasteiger partial charge in [0.1, 0.15) is 13.2 Å².